The molecule has 0 aliphatic rings. The third-order valence-electron chi connectivity index (χ3n) is 2.79. The largest absolute Gasteiger partial charge is 0.496 e. The molecule has 0 fully saturated rings. The van der Waals surface area contributed by atoms with E-state index < -0.39 is 5.54 Å². The van der Waals surface area contributed by atoms with Crippen LogP contribution in [-0.2, 0) is 5.54 Å². The van der Waals surface area contributed by atoms with Crippen LogP contribution in [0.5, 0.6) is 5.75 Å². The van der Waals surface area contributed by atoms with Gasteiger partial charge in [0.25, 0.3) is 0 Å². The molecule has 15 heavy (non-hydrogen) atoms. The van der Waals surface area contributed by atoms with Crippen molar-refractivity contribution in [2.75, 3.05) is 7.11 Å². The summed E-state index contributed by atoms with van der Waals surface area (Å²) in [4.78, 5) is 0. The molecule has 0 heterocycles. The number of benzene rings is 1. The standard InChI is InChI=1S/C12H18ClNO/c1-5-12(3,14)10-7-9(13)6-8(2)11(10)15-4/h6-7H,5,14H2,1-4H3. The molecule has 1 aromatic carbocycles. The molecular formula is C12H18ClNO. The average molecular weight is 228 g/mol. The van der Waals surface area contributed by atoms with Crippen LogP contribution in [0.4, 0.5) is 0 Å². The molecule has 3 heteroatoms. The highest BCUT2D eigenvalue weighted by Gasteiger charge is 2.24. The zero-order valence-electron chi connectivity index (χ0n) is 9.73. The quantitative estimate of drug-likeness (QED) is 0.861. The van der Waals surface area contributed by atoms with Gasteiger partial charge in [0.15, 0.2) is 0 Å². The van der Waals surface area contributed by atoms with Gasteiger partial charge in [-0.3, -0.25) is 0 Å². The highest BCUT2D eigenvalue weighted by molar-refractivity contribution is 6.30. The molecule has 1 rings (SSSR count). The summed E-state index contributed by atoms with van der Waals surface area (Å²) >= 11 is 6.03. The van der Waals surface area contributed by atoms with Crippen molar-refractivity contribution in [3.05, 3.63) is 28.3 Å². The number of ether oxygens (including phenoxy) is 1. The normalized spacial score (nSPS) is 14.8. The Balaban J connectivity index is 3.39. The fourth-order valence-electron chi connectivity index (χ4n) is 1.62. The number of rotatable bonds is 3. The summed E-state index contributed by atoms with van der Waals surface area (Å²) in [6.45, 7) is 6.01. The van der Waals surface area contributed by atoms with Gasteiger partial charge in [-0.05, 0) is 38.0 Å². The molecule has 0 amide bonds. The van der Waals surface area contributed by atoms with E-state index in [0.717, 1.165) is 23.3 Å². The van der Waals surface area contributed by atoms with Crippen LogP contribution in [0.3, 0.4) is 0 Å². The van der Waals surface area contributed by atoms with Gasteiger partial charge >= 0.3 is 0 Å². The second kappa shape index (κ2) is 4.42. The summed E-state index contributed by atoms with van der Waals surface area (Å²) in [7, 11) is 1.66. The summed E-state index contributed by atoms with van der Waals surface area (Å²) < 4.78 is 5.38. The van der Waals surface area contributed by atoms with Crippen molar-refractivity contribution in [3.63, 3.8) is 0 Å². The van der Waals surface area contributed by atoms with Crippen LogP contribution in [0.2, 0.25) is 5.02 Å². The van der Waals surface area contributed by atoms with E-state index in [9.17, 15) is 0 Å². The molecule has 2 nitrogen and oxygen atoms in total. The topological polar surface area (TPSA) is 35.2 Å². The summed E-state index contributed by atoms with van der Waals surface area (Å²) in [5.41, 5.74) is 7.80. The number of aryl methyl sites for hydroxylation is 1. The van der Waals surface area contributed by atoms with Crippen LogP contribution in [0.25, 0.3) is 0 Å². The van der Waals surface area contributed by atoms with Gasteiger partial charge in [-0.15, -0.1) is 0 Å². The molecule has 0 aromatic heterocycles. The van der Waals surface area contributed by atoms with Crippen molar-refractivity contribution in [2.24, 2.45) is 5.73 Å². The van der Waals surface area contributed by atoms with E-state index in [-0.39, 0.29) is 0 Å². The fourth-order valence-corrected chi connectivity index (χ4v) is 1.89. The second-order valence-electron chi connectivity index (χ2n) is 4.07. The van der Waals surface area contributed by atoms with Crippen LogP contribution < -0.4 is 10.5 Å². The summed E-state index contributed by atoms with van der Waals surface area (Å²) in [6.07, 6.45) is 0.836. The van der Waals surface area contributed by atoms with Crippen molar-refractivity contribution in [2.45, 2.75) is 32.7 Å². The highest BCUT2D eigenvalue weighted by Crippen LogP contribution is 2.35. The number of hydrogen-bond acceptors (Lipinski definition) is 2. The predicted octanol–water partition coefficient (Wildman–Crippen LogP) is 3.24. The summed E-state index contributed by atoms with van der Waals surface area (Å²) in [5.74, 6) is 0.839. The Morgan fingerprint density at radius 3 is 2.53 bits per heavy atom. The monoisotopic (exact) mass is 227 g/mol. The predicted molar refractivity (Wildman–Crippen MR) is 64.6 cm³/mol. The fraction of sp³-hybridized carbons (Fsp3) is 0.500. The lowest BCUT2D eigenvalue weighted by Gasteiger charge is -2.26. The van der Waals surface area contributed by atoms with Crippen molar-refractivity contribution < 1.29 is 4.74 Å². The molecule has 1 atom stereocenters. The van der Waals surface area contributed by atoms with Crippen molar-refractivity contribution in [1.82, 2.24) is 0 Å². The first-order valence-corrected chi connectivity index (χ1v) is 5.43. The van der Waals surface area contributed by atoms with E-state index in [0.29, 0.717) is 5.02 Å². The molecule has 0 bridgehead atoms. The lowest BCUT2D eigenvalue weighted by atomic mass is 9.88. The Hall–Kier alpha value is -0.730. The third kappa shape index (κ3) is 2.44. The maximum absolute atomic E-state index is 6.21. The second-order valence-corrected chi connectivity index (χ2v) is 4.51. The van der Waals surface area contributed by atoms with Gasteiger partial charge in [-0.1, -0.05) is 18.5 Å². The van der Waals surface area contributed by atoms with Crippen LogP contribution in [0, 0.1) is 6.92 Å². The van der Waals surface area contributed by atoms with Crippen LogP contribution in [0.15, 0.2) is 12.1 Å². The average Bonchev–Trinajstić information content (AvgIpc) is 2.16. The lowest BCUT2D eigenvalue weighted by molar-refractivity contribution is 0.381. The van der Waals surface area contributed by atoms with Crippen LogP contribution in [0.1, 0.15) is 31.4 Å². The van der Waals surface area contributed by atoms with Crippen molar-refractivity contribution in [1.29, 1.82) is 0 Å². The lowest BCUT2D eigenvalue weighted by Crippen LogP contribution is -2.32. The summed E-state index contributed by atoms with van der Waals surface area (Å²) in [5, 5.41) is 0.702. The highest BCUT2D eigenvalue weighted by atomic mass is 35.5. The molecule has 1 aromatic rings. The molecule has 0 saturated heterocycles. The van der Waals surface area contributed by atoms with Gasteiger partial charge in [0.05, 0.1) is 7.11 Å². The summed E-state index contributed by atoms with van der Waals surface area (Å²) in [6, 6.07) is 3.77. The molecule has 84 valence electrons. The first-order chi connectivity index (χ1) is 6.92. The number of halogens is 1. The van der Waals surface area contributed by atoms with Crippen LogP contribution in [-0.4, -0.2) is 7.11 Å². The maximum atomic E-state index is 6.21. The van der Waals surface area contributed by atoms with Crippen molar-refractivity contribution in [3.8, 4) is 5.75 Å². The van der Waals surface area contributed by atoms with Gasteiger partial charge in [0.1, 0.15) is 5.75 Å². The molecular weight excluding hydrogens is 210 g/mol. The Morgan fingerprint density at radius 1 is 1.47 bits per heavy atom. The zero-order valence-corrected chi connectivity index (χ0v) is 10.5. The van der Waals surface area contributed by atoms with E-state index in [2.05, 4.69) is 6.92 Å². The minimum atomic E-state index is -0.402. The van der Waals surface area contributed by atoms with E-state index in [1.54, 1.807) is 7.11 Å². The third-order valence-corrected chi connectivity index (χ3v) is 3.01. The molecule has 2 N–H and O–H groups in total. The Morgan fingerprint density at radius 2 is 2.07 bits per heavy atom. The molecule has 0 aliphatic carbocycles. The SMILES string of the molecule is CCC(C)(N)c1cc(Cl)cc(C)c1OC. The number of hydrogen-bond donors (Lipinski definition) is 1. The first kappa shape index (κ1) is 12.3. The Labute approximate surface area is 96.4 Å². The Bertz CT molecular complexity index is 361. The molecule has 0 saturated carbocycles. The van der Waals surface area contributed by atoms with E-state index in [1.165, 1.54) is 0 Å². The van der Waals surface area contributed by atoms with Crippen molar-refractivity contribution >= 4 is 11.6 Å². The molecule has 0 aliphatic heterocycles. The van der Waals surface area contributed by atoms with E-state index in [4.69, 9.17) is 22.1 Å². The maximum Gasteiger partial charge on any atom is 0.126 e. The van der Waals surface area contributed by atoms with E-state index >= 15 is 0 Å². The minimum absolute atomic E-state index is 0.402. The van der Waals surface area contributed by atoms with E-state index in [1.807, 2.05) is 26.0 Å². The first-order valence-electron chi connectivity index (χ1n) is 5.06. The zero-order chi connectivity index (χ0) is 11.6. The van der Waals surface area contributed by atoms with Gasteiger partial charge in [-0.2, -0.15) is 0 Å². The number of nitrogens with two attached hydrogens (primary N) is 1. The molecule has 1 unspecified atom stereocenters. The van der Waals surface area contributed by atoms with Gasteiger partial charge in [0.2, 0.25) is 0 Å². The van der Waals surface area contributed by atoms with Gasteiger partial charge < -0.3 is 10.5 Å². The van der Waals surface area contributed by atoms with Crippen LogP contribution >= 0.6 is 11.6 Å². The number of methoxy groups -OCH3 is 1. The minimum Gasteiger partial charge on any atom is -0.496 e. The molecule has 0 radical (unpaired) electrons. The van der Waals surface area contributed by atoms with Gasteiger partial charge in [-0.25, -0.2) is 0 Å². The molecule has 0 spiro atoms. The van der Waals surface area contributed by atoms with Gasteiger partial charge in [0, 0.05) is 16.1 Å². The Kier molecular flexibility index (Phi) is 3.63. The smallest absolute Gasteiger partial charge is 0.126 e.